The summed E-state index contributed by atoms with van der Waals surface area (Å²) in [5.74, 6) is -0.121. The van der Waals surface area contributed by atoms with Crippen LogP contribution < -0.4 is 0 Å². The van der Waals surface area contributed by atoms with E-state index in [0.29, 0.717) is 6.42 Å². The summed E-state index contributed by atoms with van der Waals surface area (Å²) in [7, 11) is 0. The van der Waals surface area contributed by atoms with Crippen LogP contribution in [0, 0.1) is 29.1 Å². The lowest BCUT2D eigenvalue weighted by molar-refractivity contribution is -0.149. The fraction of sp³-hybridized carbons (Fsp3) is 0.565. The van der Waals surface area contributed by atoms with Crippen LogP contribution in [0.1, 0.15) is 65.0 Å². The highest BCUT2D eigenvalue weighted by atomic mass is 16.2. The predicted molar refractivity (Wildman–Crippen MR) is 101 cm³/mol. The van der Waals surface area contributed by atoms with Crippen molar-refractivity contribution in [1.82, 2.24) is 0 Å². The molecule has 1 fully saturated rings. The fourth-order valence-electron chi connectivity index (χ4n) is 4.65. The van der Waals surface area contributed by atoms with E-state index < -0.39 is 10.8 Å². The molecule has 0 N–H and O–H groups in total. The van der Waals surface area contributed by atoms with E-state index in [1.54, 1.807) is 0 Å². The zero-order chi connectivity index (χ0) is 18.8. The molecule has 0 spiro atoms. The summed E-state index contributed by atoms with van der Waals surface area (Å²) in [5, 5.41) is 0. The fourth-order valence-corrected chi connectivity index (χ4v) is 4.65. The van der Waals surface area contributed by atoms with E-state index in [0.717, 1.165) is 11.1 Å². The van der Waals surface area contributed by atoms with Crippen molar-refractivity contribution in [1.29, 1.82) is 0 Å². The molecule has 0 aromatic heterocycles. The normalized spacial score (nSPS) is 29.8. The third kappa shape index (κ3) is 2.53. The van der Waals surface area contributed by atoms with Crippen LogP contribution in [0.25, 0.3) is 0 Å². The minimum atomic E-state index is -0.992. The van der Waals surface area contributed by atoms with Crippen molar-refractivity contribution in [3.05, 3.63) is 47.0 Å². The van der Waals surface area contributed by atoms with Crippen molar-refractivity contribution in [2.24, 2.45) is 22.2 Å². The molecule has 1 saturated carbocycles. The van der Waals surface area contributed by atoms with Gasteiger partial charge in [0.15, 0.2) is 11.6 Å². The van der Waals surface area contributed by atoms with Crippen molar-refractivity contribution in [2.45, 2.75) is 60.8 Å². The van der Waals surface area contributed by atoms with E-state index >= 15 is 0 Å². The quantitative estimate of drug-likeness (QED) is 0.517. The summed E-state index contributed by atoms with van der Waals surface area (Å²) in [6, 6.07) is 8.23. The topological polar surface area (TPSA) is 34.1 Å². The van der Waals surface area contributed by atoms with Crippen LogP contribution in [-0.2, 0) is 9.59 Å². The molecule has 134 valence electrons. The Morgan fingerprint density at radius 3 is 1.88 bits per heavy atom. The number of hydrogen-bond acceptors (Lipinski definition) is 2. The van der Waals surface area contributed by atoms with Gasteiger partial charge in [-0.1, -0.05) is 83.0 Å². The molecule has 2 heteroatoms. The van der Waals surface area contributed by atoms with Gasteiger partial charge in [0.05, 0.1) is 0 Å². The van der Waals surface area contributed by atoms with Crippen LogP contribution >= 0.6 is 0 Å². The molecule has 1 aromatic carbocycles. The van der Waals surface area contributed by atoms with Crippen molar-refractivity contribution < 1.29 is 9.59 Å². The van der Waals surface area contributed by atoms with Gasteiger partial charge in [-0.05, 0) is 29.7 Å². The molecule has 25 heavy (non-hydrogen) atoms. The molecule has 3 rings (SSSR count). The molecule has 2 aliphatic rings. The molecule has 0 radical (unpaired) electrons. The second kappa shape index (κ2) is 5.40. The van der Waals surface area contributed by atoms with Crippen molar-refractivity contribution in [3.63, 3.8) is 0 Å². The lowest BCUT2D eigenvalue weighted by atomic mass is 9.55. The summed E-state index contributed by atoms with van der Waals surface area (Å²) in [5.41, 5.74) is 1.87. The number of Topliss-reactive ketones (excluding diaryl/α,β-unsaturated/α-hetero) is 2. The molecule has 0 saturated heterocycles. The van der Waals surface area contributed by atoms with Crippen LogP contribution in [0.5, 0.6) is 0 Å². The van der Waals surface area contributed by atoms with Crippen molar-refractivity contribution >= 4 is 11.6 Å². The third-order valence-corrected chi connectivity index (χ3v) is 6.16. The van der Waals surface area contributed by atoms with E-state index in [1.807, 2.05) is 20.8 Å². The van der Waals surface area contributed by atoms with Gasteiger partial charge in [-0.15, -0.1) is 0 Å². The van der Waals surface area contributed by atoms with Gasteiger partial charge in [-0.25, -0.2) is 0 Å². The molecule has 2 nitrogen and oxygen atoms in total. The second-order valence-corrected chi connectivity index (χ2v) is 9.89. The molecule has 2 bridgehead atoms. The molecule has 2 aliphatic carbocycles. The van der Waals surface area contributed by atoms with Crippen molar-refractivity contribution in [3.8, 4) is 0 Å². The van der Waals surface area contributed by atoms with Gasteiger partial charge >= 0.3 is 0 Å². The summed E-state index contributed by atoms with van der Waals surface area (Å²) >= 11 is 0. The van der Waals surface area contributed by atoms with Crippen LogP contribution in [-0.4, -0.2) is 11.6 Å². The molecular weight excluding hydrogens is 308 g/mol. The number of benzene rings is 1. The van der Waals surface area contributed by atoms with Gasteiger partial charge in [0.2, 0.25) is 0 Å². The van der Waals surface area contributed by atoms with E-state index in [2.05, 4.69) is 58.0 Å². The lowest BCUT2D eigenvalue weighted by Crippen LogP contribution is -2.52. The number of rotatable bonds is 1. The summed E-state index contributed by atoms with van der Waals surface area (Å²) in [4.78, 5) is 27.0. The molecule has 1 aromatic rings. The van der Waals surface area contributed by atoms with Crippen LogP contribution in [0.15, 0.2) is 35.9 Å². The molecule has 3 atom stereocenters. The van der Waals surface area contributed by atoms with Gasteiger partial charge < -0.3 is 0 Å². The first-order valence-electron chi connectivity index (χ1n) is 9.28. The van der Waals surface area contributed by atoms with Gasteiger partial charge in [-0.3, -0.25) is 9.59 Å². The number of carbonyl (C=O) groups is 2. The SMILES string of the molecule is Cc1ccc([C@@H]2C[C@H]3C(=O)[C@](C(C)(C)C)(C=C3C(C)(C)C)C2=O)cc1. The zero-order valence-corrected chi connectivity index (χ0v) is 16.6. The maximum atomic E-state index is 13.7. The van der Waals surface area contributed by atoms with Gasteiger partial charge in [-0.2, -0.15) is 0 Å². The molecule has 0 amide bonds. The Balaban J connectivity index is 2.17. The Bertz CT molecular complexity index is 753. The van der Waals surface area contributed by atoms with E-state index in [4.69, 9.17) is 0 Å². The Morgan fingerprint density at radius 2 is 1.40 bits per heavy atom. The number of ketones is 2. The first kappa shape index (κ1) is 18.1. The molecular formula is C23H30O2. The maximum absolute atomic E-state index is 13.7. The smallest absolute Gasteiger partial charge is 0.158 e. The number of aryl methyl sites for hydroxylation is 1. The van der Waals surface area contributed by atoms with Crippen LogP contribution in [0.2, 0.25) is 0 Å². The molecule has 0 unspecified atom stereocenters. The van der Waals surface area contributed by atoms with E-state index in [9.17, 15) is 9.59 Å². The summed E-state index contributed by atoms with van der Waals surface area (Å²) < 4.78 is 0. The van der Waals surface area contributed by atoms with Crippen molar-refractivity contribution in [2.75, 3.05) is 0 Å². The third-order valence-electron chi connectivity index (χ3n) is 6.16. The summed E-state index contributed by atoms with van der Waals surface area (Å²) in [6.45, 7) is 14.6. The van der Waals surface area contributed by atoms with Crippen LogP contribution in [0.3, 0.4) is 0 Å². The molecule has 0 heterocycles. The van der Waals surface area contributed by atoms with E-state index in [1.165, 1.54) is 5.56 Å². The number of hydrogen-bond donors (Lipinski definition) is 0. The largest absolute Gasteiger partial charge is 0.298 e. The minimum absolute atomic E-state index is 0.0874. The number of carbonyl (C=O) groups excluding carboxylic acids is 2. The highest BCUT2D eigenvalue weighted by Crippen LogP contribution is 2.60. The average molecular weight is 338 g/mol. The average Bonchev–Trinajstić information content (AvgIpc) is 2.69. The maximum Gasteiger partial charge on any atom is 0.158 e. The first-order valence-corrected chi connectivity index (χ1v) is 9.28. The van der Waals surface area contributed by atoms with E-state index in [-0.39, 0.29) is 28.8 Å². The standard InChI is InChI=1S/C23H30O2/c1-14-8-10-15(11-9-14)16-12-17-18(21(2,3)4)13-23(19(16)24,20(17)25)22(5,6)7/h8-11,13,16-17H,12H2,1-7H3/t16-,17+,23-/m0/s1. The van der Waals surface area contributed by atoms with Gasteiger partial charge in [0.25, 0.3) is 0 Å². The first-order chi connectivity index (χ1) is 11.4. The monoisotopic (exact) mass is 338 g/mol. The predicted octanol–water partition coefficient (Wildman–Crippen LogP) is 5.26. The zero-order valence-electron chi connectivity index (χ0n) is 16.6. The minimum Gasteiger partial charge on any atom is -0.298 e. The number of allylic oxidation sites excluding steroid dienone is 2. The Labute approximate surface area is 151 Å². The Kier molecular flexibility index (Phi) is 3.91. The molecule has 0 aliphatic heterocycles. The Hall–Kier alpha value is -1.70. The Morgan fingerprint density at radius 1 is 0.880 bits per heavy atom. The lowest BCUT2D eigenvalue weighted by Gasteiger charge is -2.44. The van der Waals surface area contributed by atoms with Gasteiger partial charge in [0, 0.05) is 11.8 Å². The number of fused-ring (bicyclic) bond motifs is 2. The second-order valence-electron chi connectivity index (χ2n) is 9.89. The highest BCUT2D eigenvalue weighted by Gasteiger charge is 2.64. The van der Waals surface area contributed by atoms with Gasteiger partial charge in [0.1, 0.15) is 5.41 Å². The van der Waals surface area contributed by atoms with Crippen LogP contribution in [0.4, 0.5) is 0 Å². The highest BCUT2D eigenvalue weighted by molar-refractivity contribution is 6.18. The summed E-state index contributed by atoms with van der Waals surface area (Å²) in [6.07, 6.45) is 2.66.